The van der Waals surface area contributed by atoms with Crippen LogP contribution in [0.3, 0.4) is 0 Å². The van der Waals surface area contributed by atoms with Crippen LogP contribution in [0.5, 0.6) is 0 Å². The summed E-state index contributed by atoms with van der Waals surface area (Å²) in [6.07, 6.45) is 2.39. The normalized spacial score (nSPS) is 15.2. The highest BCUT2D eigenvalue weighted by atomic mass is 14.9. The molecule has 2 unspecified atom stereocenters. The average molecular weight is 275 g/mol. The number of hydrogen-bond donors (Lipinski definition) is 1. The van der Waals surface area contributed by atoms with E-state index in [0.29, 0.717) is 17.4 Å². The Morgan fingerprint density at radius 1 is 1.05 bits per heavy atom. The van der Waals surface area contributed by atoms with Crippen LogP contribution in [0.25, 0.3) is 0 Å². The highest BCUT2D eigenvalue weighted by Crippen LogP contribution is 2.33. The van der Waals surface area contributed by atoms with Gasteiger partial charge < -0.3 is 5.32 Å². The molecule has 1 heteroatoms. The van der Waals surface area contributed by atoms with Crippen molar-refractivity contribution in [2.75, 3.05) is 6.54 Å². The highest BCUT2D eigenvalue weighted by molar-refractivity contribution is 5.30. The SMILES string of the molecule is CCCNC(CC(C)C(C)(C)C)c1cc(C)cc(C)c1. The summed E-state index contributed by atoms with van der Waals surface area (Å²) in [5, 5.41) is 3.74. The summed E-state index contributed by atoms with van der Waals surface area (Å²) in [5.74, 6) is 0.692. The molecule has 0 aromatic heterocycles. The number of rotatable bonds is 6. The van der Waals surface area contributed by atoms with E-state index >= 15 is 0 Å². The lowest BCUT2D eigenvalue weighted by molar-refractivity contribution is 0.223. The van der Waals surface area contributed by atoms with Gasteiger partial charge in [-0.25, -0.2) is 0 Å². The fourth-order valence-corrected chi connectivity index (χ4v) is 2.57. The number of aryl methyl sites for hydroxylation is 2. The van der Waals surface area contributed by atoms with Gasteiger partial charge in [0, 0.05) is 6.04 Å². The Morgan fingerprint density at radius 2 is 1.60 bits per heavy atom. The quantitative estimate of drug-likeness (QED) is 0.731. The third-order valence-corrected chi connectivity index (χ3v) is 4.35. The fourth-order valence-electron chi connectivity index (χ4n) is 2.57. The number of nitrogens with one attached hydrogen (secondary N) is 1. The predicted molar refractivity (Wildman–Crippen MR) is 90.2 cm³/mol. The Kier molecular flexibility index (Phi) is 6.26. The molecule has 0 saturated carbocycles. The molecule has 1 aromatic carbocycles. The molecule has 0 aliphatic carbocycles. The molecule has 0 saturated heterocycles. The molecule has 0 bridgehead atoms. The van der Waals surface area contributed by atoms with Crippen LogP contribution in [0.4, 0.5) is 0 Å². The smallest absolute Gasteiger partial charge is 0.0323 e. The first kappa shape index (κ1) is 17.2. The van der Waals surface area contributed by atoms with E-state index < -0.39 is 0 Å². The minimum atomic E-state index is 0.366. The van der Waals surface area contributed by atoms with Crippen molar-refractivity contribution in [3.8, 4) is 0 Å². The summed E-state index contributed by atoms with van der Waals surface area (Å²) >= 11 is 0. The lowest BCUT2D eigenvalue weighted by atomic mass is 9.77. The Morgan fingerprint density at radius 3 is 2.05 bits per heavy atom. The van der Waals surface area contributed by atoms with Crippen molar-refractivity contribution in [1.82, 2.24) is 5.32 Å². The van der Waals surface area contributed by atoms with Gasteiger partial charge in [0.25, 0.3) is 0 Å². The summed E-state index contributed by atoms with van der Waals surface area (Å²) in [6, 6.07) is 7.42. The van der Waals surface area contributed by atoms with E-state index in [1.807, 2.05) is 0 Å². The van der Waals surface area contributed by atoms with Crippen LogP contribution in [-0.4, -0.2) is 6.54 Å². The van der Waals surface area contributed by atoms with Gasteiger partial charge >= 0.3 is 0 Å². The molecule has 0 aliphatic heterocycles. The first-order chi connectivity index (χ1) is 9.24. The van der Waals surface area contributed by atoms with Gasteiger partial charge in [-0.1, -0.05) is 63.9 Å². The first-order valence-electron chi connectivity index (χ1n) is 8.05. The van der Waals surface area contributed by atoms with Crippen LogP contribution in [0, 0.1) is 25.2 Å². The predicted octanol–water partition coefficient (Wildman–Crippen LogP) is 5.42. The molecule has 0 fully saturated rings. The highest BCUT2D eigenvalue weighted by Gasteiger charge is 2.24. The maximum Gasteiger partial charge on any atom is 0.0323 e. The molecule has 2 atom stereocenters. The molecule has 0 amide bonds. The molecule has 0 radical (unpaired) electrons. The van der Waals surface area contributed by atoms with E-state index in [1.54, 1.807) is 0 Å². The maximum atomic E-state index is 3.74. The lowest BCUT2D eigenvalue weighted by Gasteiger charge is -2.31. The van der Waals surface area contributed by atoms with Gasteiger partial charge in [-0.3, -0.25) is 0 Å². The van der Waals surface area contributed by atoms with E-state index in [4.69, 9.17) is 0 Å². The van der Waals surface area contributed by atoms with Gasteiger partial charge in [0.15, 0.2) is 0 Å². The minimum Gasteiger partial charge on any atom is -0.310 e. The standard InChI is InChI=1S/C19H33N/c1-8-9-20-18(13-16(4)19(5,6)7)17-11-14(2)10-15(3)12-17/h10-12,16,18,20H,8-9,13H2,1-7H3. The van der Waals surface area contributed by atoms with Crippen molar-refractivity contribution < 1.29 is 0 Å². The molecule has 0 aliphatic rings. The Hall–Kier alpha value is -0.820. The van der Waals surface area contributed by atoms with Crippen LogP contribution in [-0.2, 0) is 0 Å². The minimum absolute atomic E-state index is 0.366. The van der Waals surface area contributed by atoms with Gasteiger partial charge in [0.1, 0.15) is 0 Å². The van der Waals surface area contributed by atoms with E-state index in [-0.39, 0.29) is 0 Å². The number of hydrogen-bond acceptors (Lipinski definition) is 1. The molecule has 0 heterocycles. The molecule has 20 heavy (non-hydrogen) atoms. The average Bonchev–Trinajstić information content (AvgIpc) is 2.31. The summed E-state index contributed by atoms with van der Waals surface area (Å²) in [5.41, 5.74) is 4.55. The second-order valence-electron chi connectivity index (χ2n) is 7.43. The van der Waals surface area contributed by atoms with Crippen molar-refractivity contribution in [1.29, 1.82) is 0 Å². The topological polar surface area (TPSA) is 12.0 Å². The van der Waals surface area contributed by atoms with Crippen molar-refractivity contribution in [2.45, 2.75) is 67.3 Å². The monoisotopic (exact) mass is 275 g/mol. The van der Waals surface area contributed by atoms with Crippen molar-refractivity contribution in [2.24, 2.45) is 11.3 Å². The summed E-state index contributed by atoms with van der Waals surface area (Å²) < 4.78 is 0. The van der Waals surface area contributed by atoms with Crippen LogP contribution in [0.2, 0.25) is 0 Å². The van der Waals surface area contributed by atoms with Gasteiger partial charge in [0.2, 0.25) is 0 Å². The number of benzene rings is 1. The zero-order valence-corrected chi connectivity index (χ0v) is 14.5. The zero-order chi connectivity index (χ0) is 15.3. The summed E-state index contributed by atoms with van der Waals surface area (Å²) in [4.78, 5) is 0. The zero-order valence-electron chi connectivity index (χ0n) is 14.5. The second-order valence-corrected chi connectivity index (χ2v) is 7.43. The van der Waals surface area contributed by atoms with Crippen molar-refractivity contribution in [3.05, 3.63) is 34.9 Å². The van der Waals surface area contributed by atoms with Crippen LogP contribution in [0.1, 0.15) is 70.2 Å². The Balaban J connectivity index is 2.93. The van der Waals surface area contributed by atoms with Crippen LogP contribution >= 0.6 is 0 Å². The first-order valence-corrected chi connectivity index (χ1v) is 8.05. The third-order valence-electron chi connectivity index (χ3n) is 4.35. The van der Waals surface area contributed by atoms with Crippen molar-refractivity contribution in [3.63, 3.8) is 0 Å². The van der Waals surface area contributed by atoms with Gasteiger partial charge in [-0.2, -0.15) is 0 Å². The van der Waals surface area contributed by atoms with Gasteiger partial charge in [-0.15, -0.1) is 0 Å². The summed E-state index contributed by atoms with van der Waals surface area (Å²) in [7, 11) is 0. The second kappa shape index (κ2) is 7.26. The Bertz CT molecular complexity index is 394. The lowest BCUT2D eigenvalue weighted by Crippen LogP contribution is -2.28. The maximum absolute atomic E-state index is 3.74. The molecular weight excluding hydrogens is 242 g/mol. The third kappa shape index (κ3) is 5.28. The molecule has 0 spiro atoms. The molecule has 1 rings (SSSR count). The van der Waals surface area contributed by atoms with Gasteiger partial charge in [0.05, 0.1) is 0 Å². The van der Waals surface area contributed by atoms with Crippen LogP contribution in [0.15, 0.2) is 18.2 Å². The molecule has 1 N–H and O–H groups in total. The molecule has 1 aromatic rings. The summed E-state index contributed by atoms with van der Waals surface area (Å²) in [6.45, 7) is 17.1. The molecular formula is C19H33N. The van der Waals surface area contributed by atoms with Crippen LogP contribution < -0.4 is 5.32 Å². The van der Waals surface area contributed by atoms with E-state index in [2.05, 4.69) is 72.0 Å². The van der Waals surface area contributed by atoms with Crippen molar-refractivity contribution >= 4 is 0 Å². The molecule has 114 valence electrons. The largest absolute Gasteiger partial charge is 0.310 e. The fraction of sp³-hybridized carbons (Fsp3) is 0.684. The molecule has 1 nitrogen and oxygen atoms in total. The van der Waals surface area contributed by atoms with E-state index in [9.17, 15) is 0 Å². The van der Waals surface area contributed by atoms with E-state index in [1.165, 1.54) is 29.5 Å². The Labute approximate surface area is 126 Å². The van der Waals surface area contributed by atoms with Gasteiger partial charge in [-0.05, 0) is 50.1 Å². The van der Waals surface area contributed by atoms with E-state index in [0.717, 1.165) is 6.54 Å².